The molecule has 0 amide bonds. The summed E-state index contributed by atoms with van der Waals surface area (Å²) in [5.74, 6) is 1.97. The Kier molecular flexibility index (Phi) is 5.97. The number of methoxy groups -OCH3 is 1. The van der Waals surface area contributed by atoms with Crippen LogP contribution in [0.4, 0.5) is 5.13 Å². The van der Waals surface area contributed by atoms with Crippen LogP contribution < -0.4 is 9.64 Å². The number of benzene rings is 1. The van der Waals surface area contributed by atoms with Crippen LogP contribution in [0, 0.1) is 16.7 Å². The van der Waals surface area contributed by atoms with Gasteiger partial charge >= 0.3 is 0 Å². The minimum atomic E-state index is -3.52. The number of anilines is 1. The van der Waals surface area contributed by atoms with E-state index in [0.717, 1.165) is 28.7 Å². The zero-order valence-corrected chi connectivity index (χ0v) is 21.6. The van der Waals surface area contributed by atoms with Gasteiger partial charge in [0.2, 0.25) is 15.2 Å². The SMILES string of the molecule is COc1cccc(Cc2nsc(N3CCN(S(=O)(=O)CC45CCC(CC4=O)C5(C)C)CC3)n2)c1. The van der Waals surface area contributed by atoms with Crippen molar-refractivity contribution in [3.63, 3.8) is 0 Å². The fraction of sp³-hybridized carbons (Fsp3) is 0.625. The van der Waals surface area contributed by atoms with Crippen molar-refractivity contribution in [1.29, 1.82) is 0 Å². The van der Waals surface area contributed by atoms with Crippen LogP contribution in [-0.4, -0.2) is 66.9 Å². The van der Waals surface area contributed by atoms with Crippen LogP contribution in [0.3, 0.4) is 0 Å². The lowest BCUT2D eigenvalue weighted by atomic mass is 9.70. The van der Waals surface area contributed by atoms with E-state index in [0.29, 0.717) is 51.4 Å². The summed E-state index contributed by atoms with van der Waals surface area (Å²) in [6, 6.07) is 7.86. The van der Waals surface area contributed by atoms with Gasteiger partial charge in [-0.2, -0.15) is 8.68 Å². The molecular weight excluding hydrogens is 472 g/mol. The summed E-state index contributed by atoms with van der Waals surface area (Å²) in [6.07, 6.45) is 2.81. The Hall–Kier alpha value is -2.04. The fourth-order valence-corrected chi connectivity index (χ4v) is 9.02. The van der Waals surface area contributed by atoms with Gasteiger partial charge in [-0.25, -0.2) is 13.4 Å². The van der Waals surface area contributed by atoms with Gasteiger partial charge in [0.15, 0.2) is 0 Å². The maximum atomic E-state index is 13.4. The summed E-state index contributed by atoms with van der Waals surface area (Å²) in [5, 5.41) is 0.819. The van der Waals surface area contributed by atoms with Crippen LogP contribution in [0.25, 0.3) is 0 Å². The Bertz CT molecular complexity index is 1190. The van der Waals surface area contributed by atoms with Gasteiger partial charge in [0.1, 0.15) is 17.4 Å². The molecule has 2 aromatic rings. The topological polar surface area (TPSA) is 92.7 Å². The van der Waals surface area contributed by atoms with Gasteiger partial charge < -0.3 is 9.64 Å². The quantitative estimate of drug-likeness (QED) is 0.572. The molecule has 2 heterocycles. The monoisotopic (exact) mass is 504 g/mol. The largest absolute Gasteiger partial charge is 0.497 e. The molecule has 2 unspecified atom stereocenters. The average Bonchev–Trinajstić information content (AvgIpc) is 3.42. The lowest BCUT2D eigenvalue weighted by molar-refractivity contribution is -0.128. The summed E-state index contributed by atoms with van der Waals surface area (Å²) in [6.45, 7) is 6.12. The molecule has 2 aliphatic carbocycles. The van der Waals surface area contributed by atoms with E-state index >= 15 is 0 Å². The Morgan fingerprint density at radius 2 is 1.97 bits per heavy atom. The molecule has 1 aromatic heterocycles. The van der Waals surface area contributed by atoms with Crippen molar-refractivity contribution in [3.8, 4) is 5.75 Å². The molecule has 1 saturated heterocycles. The maximum absolute atomic E-state index is 13.4. The van der Waals surface area contributed by atoms with Gasteiger partial charge in [-0.05, 0) is 41.9 Å². The van der Waals surface area contributed by atoms with Crippen molar-refractivity contribution >= 4 is 32.5 Å². The summed E-state index contributed by atoms with van der Waals surface area (Å²) >= 11 is 1.35. The van der Waals surface area contributed by atoms with E-state index < -0.39 is 15.4 Å². The van der Waals surface area contributed by atoms with Gasteiger partial charge in [0, 0.05) is 56.0 Å². The van der Waals surface area contributed by atoms with Gasteiger partial charge in [-0.3, -0.25) is 4.79 Å². The standard InChI is InChI=1S/C24H32N4O4S2/c1-23(2)18-7-8-24(23,20(29)15-18)16-34(30,31)28-11-9-27(10-12-28)22-25-21(26-33-22)14-17-5-4-6-19(13-17)32-3/h4-6,13,18H,7-12,14-16H2,1-3H3. The van der Waals surface area contributed by atoms with Crippen LogP contribution in [0.5, 0.6) is 5.75 Å². The number of fused-ring (bicyclic) bond motifs is 2. The molecule has 34 heavy (non-hydrogen) atoms. The highest BCUT2D eigenvalue weighted by atomic mass is 32.2. The highest BCUT2D eigenvalue weighted by Gasteiger charge is 2.65. The molecule has 8 nitrogen and oxygen atoms in total. The second-order valence-corrected chi connectivity index (χ2v) is 13.0. The van der Waals surface area contributed by atoms with Gasteiger partial charge in [0.25, 0.3) is 0 Å². The van der Waals surface area contributed by atoms with Crippen molar-refractivity contribution in [2.24, 2.45) is 16.7 Å². The number of piperazine rings is 1. The number of carbonyl (C=O) groups excluding carboxylic acids is 1. The number of ether oxygens (including phenoxy) is 1. The first-order chi connectivity index (χ1) is 16.1. The summed E-state index contributed by atoms with van der Waals surface area (Å²) < 4.78 is 38.1. The van der Waals surface area contributed by atoms with E-state index in [1.54, 1.807) is 11.4 Å². The first-order valence-corrected chi connectivity index (χ1v) is 14.2. The Morgan fingerprint density at radius 3 is 2.62 bits per heavy atom. The molecule has 5 rings (SSSR count). The molecule has 0 radical (unpaired) electrons. The number of sulfonamides is 1. The third-order valence-electron chi connectivity index (χ3n) is 8.42. The summed E-state index contributed by atoms with van der Waals surface area (Å²) in [4.78, 5) is 19.6. The molecule has 2 bridgehead atoms. The van der Waals surface area contributed by atoms with Crippen LogP contribution in [0.15, 0.2) is 24.3 Å². The van der Waals surface area contributed by atoms with Crippen LogP contribution in [-0.2, 0) is 21.2 Å². The van der Waals surface area contributed by atoms with E-state index in [9.17, 15) is 13.2 Å². The number of hydrogen-bond acceptors (Lipinski definition) is 8. The first kappa shape index (κ1) is 23.7. The molecule has 1 aromatic carbocycles. The van der Waals surface area contributed by atoms with Crippen molar-refractivity contribution in [3.05, 3.63) is 35.7 Å². The molecule has 184 valence electrons. The molecule has 2 atom stereocenters. The number of hydrogen-bond donors (Lipinski definition) is 0. The minimum Gasteiger partial charge on any atom is -0.497 e. The molecule has 2 saturated carbocycles. The van der Waals surface area contributed by atoms with E-state index in [2.05, 4.69) is 23.1 Å². The van der Waals surface area contributed by atoms with E-state index in [-0.39, 0.29) is 17.0 Å². The Labute approximate surface area is 205 Å². The summed E-state index contributed by atoms with van der Waals surface area (Å²) in [5.41, 5.74) is 0.115. The van der Waals surface area contributed by atoms with E-state index in [1.807, 2.05) is 24.3 Å². The molecule has 10 heteroatoms. The highest BCUT2D eigenvalue weighted by molar-refractivity contribution is 7.89. The maximum Gasteiger partial charge on any atom is 0.215 e. The zero-order chi connectivity index (χ0) is 24.1. The second-order valence-electron chi connectivity index (χ2n) is 10.3. The molecule has 0 N–H and O–H groups in total. The Morgan fingerprint density at radius 1 is 1.21 bits per heavy atom. The first-order valence-electron chi connectivity index (χ1n) is 11.9. The number of rotatable bonds is 7. The van der Waals surface area contributed by atoms with Crippen molar-refractivity contribution < 1.29 is 17.9 Å². The smallest absolute Gasteiger partial charge is 0.215 e. The van der Waals surface area contributed by atoms with Crippen molar-refractivity contribution in [2.45, 2.75) is 39.5 Å². The van der Waals surface area contributed by atoms with Gasteiger partial charge in [0.05, 0.1) is 12.9 Å². The summed E-state index contributed by atoms with van der Waals surface area (Å²) in [7, 11) is -1.87. The molecule has 3 aliphatic rings. The third kappa shape index (κ3) is 3.93. The van der Waals surface area contributed by atoms with Crippen molar-refractivity contribution in [1.82, 2.24) is 13.7 Å². The minimum absolute atomic E-state index is 0.0498. The van der Waals surface area contributed by atoms with Crippen molar-refractivity contribution in [2.75, 3.05) is 43.9 Å². The normalized spacial score (nSPS) is 26.9. The molecular formula is C24H32N4O4S2. The average molecular weight is 505 g/mol. The number of ketones is 1. The zero-order valence-electron chi connectivity index (χ0n) is 20.0. The number of nitrogens with zero attached hydrogens (tertiary/aromatic N) is 4. The fourth-order valence-electron chi connectivity index (χ4n) is 6.08. The predicted molar refractivity (Wildman–Crippen MR) is 132 cm³/mol. The van der Waals surface area contributed by atoms with Crippen LogP contribution in [0.1, 0.15) is 44.5 Å². The molecule has 1 aliphatic heterocycles. The third-order valence-corrected chi connectivity index (χ3v) is 11.2. The van der Waals surface area contributed by atoms with E-state index in [1.165, 1.54) is 11.5 Å². The number of aromatic nitrogens is 2. The van der Waals surface area contributed by atoms with Gasteiger partial charge in [-0.1, -0.05) is 26.0 Å². The second kappa shape index (κ2) is 8.57. The van der Waals surface area contributed by atoms with Crippen LogP contribution in [0.2, 0.25) is 0 Å². The number of Topliss-reactive ketones (excluding diaryl/α,β-unsaturated/α-hetero) is 1. The number of carbonyl (C=O) groups is 1. The molecule has 3 fully saturated rings. The van der Waals surface area contributed by atoms with E-state index in [4.69, 9.17) is 9.72 Å². The predicted octanol–water partition coefficient (Wildman–Crippen LogP) is 2.98. The highest BCUT2D eigenvalue weighted by Crippen LogP contribution is 2.64. The Balaban J connectivity index is 1.22. The molecule has 0 spiro atoms. The lowest BCUT2D eigenvalue weighted by Gasteiger charge is -2.39. The van der Waals surface area contributed by atoms with Gasteiger partial charge in [-0.15, -0.1) is 0 Å². The van der Waals surface area contributed by atoms with Crippen LogP contribution >= 0.6 is 11.5 Å². The lowest BCUT2D eigenvalue weighted by Crippen LogP contribution is -2.52.